The molecule has 4 rings (SSSR count). The number of halogens is 2. The Morgan fingerprint density at radius 1 is 1.12 bits per heavy atom. The van der Waals surface area contributed by atoms with Crippen molar-refractivity contribution >= 4 is 11.8 Å². The fourth-order valence-electron chi connectivity index (χ4n) is 5.52. The predicted molar refractivity (Wildman–Crippen MR) is 119 cm³/mol. The highest BCUT2D eigenvalue weighted by Crippen LogP contribution is 2.45. The fourth-order valence-corrected chi connectivity index (χ4v) is 5.52. The number of fused-ring (bicyclic) bond motifs is 2. The first-order chi connectivity index (χ1) is 15.4. The zero-order valence-corrected chi connectivity index (χ0v) is 18.4. The molecule has 6 heteroatoms. The molecule has 2 aliphatic rings. The van der Waals surface area contributed by atoms with Crippen LogP contribution in [-0.4, -0.2) is 36.0 Å². The van der Waals surface area contributed by atoms with Gasteiger partial charge in [0.15, 0.2) is 0 Å². The van der Waals surface area contributed by atoms with Gasteiger partial charge in [-0.25, -0.2) is 4.39 Å². The van der Waals surface area contributed by atoms with E-state index in [-0.39, 0.29) is 29.9 Å². The summed E-state index contributed by atoms with van der Waals surface area (Å²) in [5, 5.41) is 3.24. The van der Waals surface area contributed by atoms with Crippen molar-refractivity contribution in [1.29, 1.82) is 0 Å². The van der Waals surface area contributed by atoms with E-state index in [1.807, 2.05) is 12.1 Å². The number of rotatable bonds is 6. The lowest BCUT2D eigenvalue weighted by Crippen LogP contribution is -2.55. The fraction of sp³-hybridized carbons (Fsp3) is 0.462. The number of nitrogens with one attached hydrogen (secondary N) is 1. The number of nitrogens with zero attached hydrogens (tertiary/aromatic N) is 1. The number of hydrogen-bond acceptors (Lipinski definition) is 2. The average molecular weight is 441 g/mol. The van der Waals surface area contributed by atoms with Crippen LogP contribution < -0.4 is 5.32 Å². The van der Waals surface area contributed by atoms with Gasteiger partial charge >= 0.3 is 0 Å². The van der Waals surface area contributed by atoms with Crippen LogP contribution in [0, 0.1) is 17.7 Å². The molecule has 3 unspecified atom stereocenters. The van der Waals surface area contributed by atoms with Crippen LogP contribution in [0.4, 0.5) is 8.78 Å². The Morgan fingerprint density at radius 2 is 1.91 bits per heavy atom. The summed E-state index contributed by atoms with van der Waals surface area (Å²) in [6.45, 7) is 0.0335. The van der Waals surface area contributed by atoms with Gasteiger partial charge in [-0.05, 0) is 73.4 Å². The number of carbonyl (C=O) groups is 2. The maximum Gasteiger partial charge on any atom is 0.253 e. The van der Waals surface area contributed by atoms with Gasteiger partial charge in [0.25, 0.3) is 11.8 Å². The highest BCUT2D eigenvalue weighted by atomic mass is 19.1. The number of alkyl halides is 1. The van der Waals surface area contributed by atoms with E-state index < -0.39 is 5.82 Å². The van der Waals surface area contributed by atoms with E-state index in [1.165, 1.54) is 23.1 Å². The van der Waals surface area contributed by atoms with Crippen molar-refractivity contribution in [3.8, 4) is 0 Å². The lowest BCUT2D eigenvalue weighted by atomic mass is 9.63. The van der Waals surface area contributed by atoms with Crippen molar-refractivity contribution in [3.05, 3.63) is 71.0 Å². The van der Waals surface area contributed by atoms with Gasteiger partial charge in [0, 0.05) is 30.3 Å². The van der Waals surface area contributed by atoms with Crippen molar-refractivity contribution in [2.24, 2.45) is 11.8 Å². The van der Waals surface area contributed by atoms with Gasteiger partial charge in [0.2, 0.25) is 0 Å². The molecule has 32 heavy (non-hydrogen) atoms. The molecule has 0 spiro atoms. The van der Waals surface area contributed by atoms with Crippen molar-refractivity contribution in [3.63, 3.8) is 0 Å². The third-order valence-corrected chi connectivity index (χ3v) is 6.94. The molecule has 2 saturated carbocycles. The Morgan fingerprint density at radius 3 is 2.62 bits per heavy atom. The van der Waals surface area contributed by atoms with Crippen LogP contribution in [0.2, 0.25) is 0 Å². The quantitative estimate of drug-likeness (QED) is 0.677. The predicted octanol–water partition coefficient (Wildman–Crippen LogP) is 5.14. The van der Waals surface area contributed by atoms with E-state index in [0.717, 1.165) is 44.1 Å². The van der Waals surface area contributed by atoms with Crippen LogP contribution >= 0.6 is 0 Å². The second-order valence-corrected chi connectivity index (χ2v) is 9.53. The average Bonchev–Trinajstić information content (AvgIpc) is 2.78. The summed E-state index contributed by atoms with van der Waals surface area (Å²) in [7, 11) is 1.66. The number of carbonyl (C=O) groups excluding carboxylic acids is 2. The summed E-state index contributed by atoms with van der Waals surface area (Å²) in [5.41, 5.74) is 1.45. The monoisotopic (exact) mass is 440 g/mol. The second kappa shape index (κ2) is 9.39. The molecule has 2 aliphatic carbocycles. The molecule has 170 valence electrons. The van der Waals surface area contributed by atoms with Crippen LogP contribution in [0.15, 0.2) is 48.5 Å². The summed E-state index contributed by atoms with van der Waals surface area (Å²) in [4.78, 5) is 27.0. The molecule has 0 aromatic heterocycles. The Balaban J connectivity index is 1.39. The van der Waals surface area contributed by atoms with E-state index in [4.69, 9.17) is 0 Å². The van der Waals surface area contributed by atoms with Gasteiger partial charge in [0.1, 0.15) is 5.82 Å². The van der Waals surface area contributed by atoms with Crippen LogP contribution in [-0.2, 0) is 6.54 Å². The Labute approximate surface area is 188 Å². The van der Waals surface area contributed by atoms with Crippen molar-refractivity contribution < 1.29 is 18.4 Å². The standard InChI is InChI=1S/C26H30F2N2O2/c1-30(25(32)22-5-2-6-23(28)13-22)17-18-7-9-21(10-8-18)24(31)29-26-11-3-4-19(14-26)12-20(15-26)16-27/h2,5-10,13,19-20H,3-4,11-12,14-17H2,1H3,(H,29,31). The lowest BCUT2D eigenvalue weighted by molar-refractivity contribution is 0.0550. The zero-order chi connectivity index (χ0) is 22.7. The van der Waals surface area contributed by atoms with Crippen LogP contribution in [0.25, 0.3) is 0 Å². The molecule has 1 N–H and O–H groups in total. The minimum absolute atomic E-state index is 0.0443. The summed E-state index contributed by atoms with van der Waals surface area (Å²) in [5.74, 6) is -0.285. The van der Waals surface area contributed by atoms with Gasteiger partial charge in [0.05, 0.1) is 6.67 Å². The normalized spacial score (nSPS) is 24.6. The molecular formula is C26H30F2N2O2. The van der Waals surface area contributed by atoms with Crippen LogP contribution in [0.3, 0.4) is 0 Å². The van der Waals surface area contributed by atoms with Gasteiger partial charge in [-0.1, -0.05) is 31.0 Å². The lowest BCUT2D eigenvalue weighted by Gasteiger charge is -2.48. The van der Waals surface area contributed by atoms with E-state index in [0.29, 0.717) is 23.6 Å². The van der Waals surface area contributed by atoms with Crippen LogP contribution in [0.5, 0.6) is 0 Å². The maximum atomic E-state index is 13.4. The van der Waals surface area contributed by atoms with Crippen molar-refractivity contribution in [2.45, 2.75) is 50.6 Å². The van der Waals surface area contributed by atoms with E-state index >= 15 is 0 Å². The number of hydrogen-bond donors (Lipinski definition) is 1. The summed E-state index contributed by atoms with van der Waals surface area (Å²) in [6.07, 6.45) is 5.72. The molecule has 0 aliphatic heterocycles. The molecule has 0 radical (unpaired) electrons. The maximum absolute atomic E-state index is 13.4. The minimum atomic E-state index is -0.445. The zero-order valence-electron chi connectivity index (χ0n) is 18.4. The first-order valence-electron chi connectivity index (χ1n) is 11.4. The Bertz CT molecular complexity index is 978. The third-order valence-electron chi connectivity index (χ3n) is 6.94. The molecule has 2 aromatic rings. The molecule has 2 amide bonds. The molecule has 2 bridgehead atoms. The largest absolute Gasteiger partial charge is 0.347 e. The summed E-state index contributed by atoms with van der Waals surface area (Å²) in [6, 6.07) is 12.8. The molecule has 4 nitrogen and oxygen atoms in total. The minimum Gasteiger partial charge on any atom is -0.347 e. The molecule has 2 fully saturated rings. The summed E-state index contributed by atoms with van der Waals surface area (Å²) >= 11 is 0. The Kier molecular flexibility index (Phi) is 6.58. The number of benzene rings is 2. The van der Waals surface area contributed by atoms with Gasteiger partial charge in [-0.3, -0.25) is 14.0 Å². The molecule has 0 saturated heterocycles. The number of amides is 2. The smallest absolute Gasteiger partial charge is 0.253 e. The van der Waals surface area contributed by atoms with E-state index in [2.05, 4.69) is 5.32 Å². The topological polar surface area (TPSA) is 49.4 Å². The first kappa shape index (κ1) is 22.4. The highest BCUT2D eigenvalue weighted by Gasteiger charge is 2.44. The van der Waals surface area contributed by atoms with Gasteiger partial charge in [-0.2, -0.15) is 0 Å². The summed E-state index contributed by atoms with van der Waals surface area (Å²) < 4.78 is 26.8. The van der Waals surface area contributed by atoms with Crippen molar-refractivity contribution in [2.75, 3.05) is 13.7 Å². The molecule has 3 atom stereocenters. The molecule has 0 heterocycles. The Hall–Kier alpha value is -2.76. The first-order valence-corrected chi connectivity index (χ1v) is 11.4. The van der Waals surface area contributed by atoms with Crippen LogP contribution in [0.1, 0.15) is 64.8 Å². The second-order valence-electron chi connectivity index (χ2n) is 9.53. The SMILES string of the molecule is CN(Cc1ccc(C(=O)NC23CCCC(CC(CF)C2)C3)cc1)C(=O)c1cccc(F)c1. The third kappa shape index (κ3) is 5.00. The van der Waals surface area contributed by atoms with E-state index in [1.54, 1.807) is 25.2 Å². The van der Waals surface area contributed by atoms with Crippen molar-refractivity contribution in [1.82, 2.24) is 10.2 Å². The van der Waals surface area contributed by atoms with E-state index in [9.17, 15) is 18.4 Å². The van der Waals surface area contributed by atoms with Gasteiger partial charge < -0.3 is 10.2 Å². The molecular weight excluding hydrogens is 410 g/mol. The van der Waals surface area contributed by atoms with Gasteiger partial charge in [-0.15, -0.1) is 0 Å². The highest BCUT2D eigenvalue weighted by molar-refractivity contribution is 5.95. The molecule has 2 aromatic carbocycles.